The molecule has 1 aromatic rings. The summed E-state index contributed by atoms with van der Waals surface area (Å²) in [6, 6.07) is 6.07. The largest absolute Gasteiger partial charge is 0.369 e. The SMILES string of the molecule is CC(=O)c1ccc(N2CCN(CC3CC3)CC2)cc1Br. The first-order chi connectivity index (χ1) is 9.63. The van der Waals surface area contributed by atoms with Gasteiger partial charge in [-0.25, -0.2) is 0 Å². The zero-order valence-electron chi connectivity index (χ0n) is 11.9. The zero-order chi connectivity index (χ0) is 14.1. The number of carbonyl (C=O) groups excluding carboxylic acids is 1. The van der Waals surface area contributed by atoms with Crippen LogP contribution < -0.4 is 4.90 Å². The fourth-order valence-electron chi connectivity index (χ4n) is 2.84. The van der Waals surface area contributed by atoms with Crippen molar-refractivity contribution < 1.29 is 4.79 Å². The van der Waals surface area contributed by atoms with E-state index in [0.717, 1.165) is 42.1 Å². The van der Waals surface area contributed by atoms with Gasteiger partial charge >= 0.3 is 0 Å². The van der Waals surface area contributed by atoms with E-state index < -0.39 is 0 Å². The Balaban J connectivity index is 1.62. The summed E-state index contributed by atoms with van der Waals surface area (Å²) >= 11 is 3.51. The van der Waals surface area contributed by atoms with E-state index in [4.69, 9.17) is 0 Å². The predicted octanol–water partition coefficient (Wildman–Crippen LogP) is 3.18. The first-order valence-electron chi connectivity index (χ1n) is 7.41. The lowest BCUT2D eigenvalue weighted by Gasteiger charge is -2.36. The van der Waals surface area contributed by atoms with Gasteiger partial charge in [-0.3, -0.25) is 9.69 Å². The van der Waals surface area contributed by atoms with Crippen molar-refractivity contribution in [3.63, 3.8) is 0 Å². The minimum absolute atomic E-state index is 0.109. The Labute approximate surface area is 129 Å². The van der Waals surface area contributed by atoms with Crippen LogP contribution in [0.2, 0.25) is 0 Å². The molecule has 0 spiro atoms. The molecule has 0 radical (unpaired) electrons. The van der Waals surface area contributed by atoms with E-state index in [0.29, 0.717) is 0 Å². The van der Waals surface area contributed by atoms with E-state index in [-0.39, 0.29) is 5.78 Å². The highest BCUT2D eigenvalue weighted by atomic mass is 79.9. The smallest absolute Gasteiger partial charge is 0.160 e. The molecule has 0 bridgehead atoms. The second-order valence-corrected chi connectivity index (χ2v) is 6.81. The average molecular weight is 337 g/mol. The van der Waals surface area contributed by atoms with Crippen molar-refractivity contribution in [2.24, 2.45) is 5.92 Å². The van der Waals surface area contributed by atoms with Gasteiger partial charge in [0.15, 0.2) is 5.78 Å². The van der Waals surface area contributed by atoms with Crippen LogP contribution in [-0.4, -0.2) is 43.4 Å². The van der Waals surface area contributed by atoms with Crippen LogP contribution in [0.25, 0.3) is 0 Å². The molecule has 0 unspecified atom stereocenters. The third-order valence-corrected chi connectivity index (χ3v) is 4.94. The summed E-state index contributed by atoms with van der Waals surface area (Å²) in [5, 5.41) is 0. The minimum Gasteiger partial charge on any atom is -0.369 e. The third kappa shape index (κ3) is 3.23. The Morgan fingerprint density at radius 2 is 1.95 bits per heavy atom. The molecule has 1 aliphatic heterocycles. The number of hydrogen-bond donors (Lipinski definition) is 0. The number of carbonyl (C=O) groups is 1. The maximum atomic E-state index is 11.5. The van der Waals surface area contributed by atoms with Crippen LogP contribution in [0.1, 0.15) is 30.1 Å². The molecule has 1 aliphatic carbocycles. The molecule has 3 nitrogen and oxygen atoms in total. The van der Waals surface area contributed by atoms with Crippen molar-refractivity contribution in [2.75, 3.05) is 37.6 Å². The van der Waals surface area contributed by atoms with Gasteiger partial charge in [-0.2, -0.15) is 0 Å². The van der Waals surface area contributed by atoms with Crippen molar-refractivity contribution in [2.45, 2.75) is 19.8 Å². The fraction of sp³-hybridized carbons (Fsp3) is 0.562. The van der Waals surface area contributed by atoms with Gasteiger partial charge in [0.1, 0.15) is 0 Å². The van der Waals surface area contributed by atoms with E-state index in [1.165, 1.54) is 25.1 Å². The highest BCUT2D eigenvalue weighted by Gasteiger charge is 2.26. The molecule has 1 saturated heterocycles. The topological polar surface area (TPSA) is 23.6 Å². The maximum Gasteiger partial charge on any atom is 0.160 e. The van der Waals surface area contributed by atoms with Gasteiger partial charge in [-0.05, 0) is 59.8 Å². The second kappa shape index (κ2) is 5.86. The van der Waals surface area contributed by atoms with Crippen LogP contribution in [0.4, 0.5) is 5.69 Å². The number of benzene rings is 1. The molecular formula is C16H21BrN2O. The minimum atomic E-state index is 0.109. The number of ketones is 1. The summed E-state index contributed by atoms with van der Waals surface area (Å²) in [5.74, 6) is 1.09. The number of halogens is 1. The fourth-order valence-corrected chi connectivity index (χ4v) is 3.49. The Kier molecular flexibility index (Phi) is 4.13. The highest BCUT2D eigenvalue weighted by molar-refractivity contribution is 9.10. The van der Waals surface area contributed by atoms with Gasteiger partial charge < -0.3 is 4.90 Å². The van der Waals surface area contributed by atoms with Gasteiger partial charge in [0.05, 0.1) is 0 Å². The summed E-state index contributed by atoms with van der Waals surface area (Å²) in [7, 11) is 0. The van der Waals surface area contributed by atoms with E-state index in [2.05, 4.69) is 37.9 Å². The lowest BCUT2D eigenvalue weighted by Crippen LogP contribution is -2.47. The van der Waals surface area contributed by atoms with Crippen LogP contribution in [0.3, 0.4) is 0 Å². The number of piperazine rings is 1. The lowest BCUT2D eigenvalue weighted by molar-refractivity contribution is 0.101. The summed E-state index contributed by atoms with van der Waals surface area (Å²) in [5.41, 5.74) is 1.98. The number of hydrogen-bond acceptors (Lipinski definition) is 3. The number of nitrogens with zero attached hydrogens (tertiary/aromatic N) is 2. The van der Waals surface area contributed by atoms with Gasteiger partial charge in [0, 0.05) is 48.4 Å². The lowest BCUT2D eigenvalue weighted by atomic mass is 10.1. The summed E-state index contributed by atoms with van der Waals surface area (Å²) < 4.78 is 0.905. The predicted molar refractivity (Wildman–Crippen MR) is 85.5 cm³/mol. The van der Waals surface area contributed by atoms with Crippen molar-refractivity contribution in [3.8, 4) is 0 Å². The summed E-state index contributed by atoms with van der Waals surface area (Å²) in [6.45, 7) is 7.37. The molecular weight excluding hydrogens is 316 g/mol. The molecule has 2 aliphatic rings. The van der Waals surface area contributed by atoms with Crippen LogP contribution in [-0.2, 0) is 0 Å². The molecule has 4 heteroatoms. The van der Waals surface area contributed by atoms with Crippen molar-refractivity contribution in [1.82, 2.24) is 4.90 Å². The Morgan fingerprint density at radius 1 is 1.25 bits per heavy atom. The van der Waals surface area contributed by atoms with Gasteiger partial charge in [-0.15, -0.1) is 0 Å². The first-order valence-corrected chi connectivity index (χ1v) is 8.20. The van der Waals surface area contributed by atoms with Crippen LogP contribution in [0.15, 0.2) is 22.7 Å². The van der Waals surface area contributed by atoms with Crippen LogP contribution >= 0.6 is 15.9 Å². The monoisotopic (exact) mass is 336 g/mol. The molecule has 1 aromatic carbocycles. The highest BCUT2D eigenvalue weighted by Crippen LogP contribution is 2.30. The standard InChI is InChI=1S/C16H21BrN2O/c1-12(20)15-5-4-14(10-16(15)17)19-8-6-18(7-9-19)11-13-2-3-13/h4-5,10,13H,2-3,6-9,11H2,1H3. The van der Waals surface area contributed by atoms with Crippen LogP contribution in [0, 0.1) is 5.92 Å². The Bertz CT molecular complexity index is 505. The quantitative estimate of drug-likeness (QED) is 0.789. The van der Waals surface area contributed by atoms with E-state index in [1.807, 2.05) is 6.07 Å². The zero-order valence-corrected chi connectivity index (χ0v) is 13.5. The van der Waals surface area contributed by atoms with Gasteiger partial charge in [-0.1, -0.05) is 0 Å². The molecule has 1 saturated carbocycles. The average Bonchev–Trinajstić information content (AvgIpc) is 3.23. The Morgan fingerprint density at radius 3 is 2.50 bits per heavy atom. The molecule has 2 fully saturated rings. The van der Waals surface area contributed by atoms with Gasteiger partial charge in [0.2, 0.25) is 0 Å². The van der Waals surface area contributed by atoms with Gasteiger partial charge in [0.25, 0.3) is 0 Å². The van der Waals surface area contributed by atoms with E-state index in [1.54, 1.807) is 6.92 Å². The number of Topliss-reactive ketones (excluding diaryl/α,β-unsaturated/α-hetero) is 1. The number of rotatable bonds is 4. The summed E-state index contributed by atoms with van der Waals surface area (Å²) in [4.78, 5) is 16.5. The van der Waals surface area contributed by atoms with Crippen LogP contribution in [0.5, 0.6) is 0 Å². The van der Waals surface area contributed by atoms with E-state index >= 15 is 0 Å². The number of anilines is 1. The van der Waals surface area contributed by atoms with Crippen molar-refractivity contribution in [3.05, 3.63) is 28.2 Å². The molecule has 1 heterocycles. The normalized spacial score (nSPS) is 20.2. The third-order valence-electron chi connectivity index (χ3n) is 4.28. The molecule has 0 aromatic heterocycles. The Hall–Kier alpha value is -0.870. The van der Waals surface area contributed by atoms with Crippen molar-refractivity contribution >= 4 is 27.4 Å². The molecule has 0 atom stereocenters. The molecule has 0 N–H and O–H groups in total. The van der Waals surface area contributed by atoms with E-state index in [9.17, 15) is 4.79 Å². The summed E-state index contributed by atoms with van der Waals surface area (Å²) in [6.07, 6.45) is 2.86. The maximum absolute atomic E-state index is 11.5. The molecule has 20 heavy (non-hydrogen) atoms. The molecule has 3 rings (SSSR count). The second-order valence-electron chi connectivity index (χ2n) is 5.95. The first kappa shape index (κ1) is 14.1. The molecule has 108 valence electrons. The van der Waals surface area contributed by atoms with Crippen molar-refractivity contribution in [1.29, 1.82) is 0 Å². The molecule has 0 amide bonds.